The van der Waals surface area contributed by atoms with E-state index in [1.165, 1.54) is 7.11 Å². The van der Waals surface area contributed by atoms with E-state index in [9.17, 15) is 4.79 Å². The third kappa shape index (κ3) is 3.71. The molecule has 2 rings (SSSR count). The van der Waals surface area contributed by atoms with Gasteiger partial charge < -0.3 is 9.47 Å². The van der Waals surface area contributed by atoms with Crippen LogP contribution in [0.25, 0.3) is 6.08 Å². The molecule has 0 heterocycles. The molecule has 19 heavy (non-hydrogen) atoms. The molecular weight excluding hydrogens is 240 g/mol. The fourth-order valence-corrected chi connectivity index (χ4v) is 1.55. The monoisotopic (exact) mass is 254 g/mol. The lowest BCUT2D eigenvalue weighted by Crippen LogP contribution is -2.10. The average molecular weight is 254 g/mol. The van der Waals surface area contributed by atoms with E-state index in [0.29, 0.717) is 5.75 Å². The summed E-state index contributed by atoms with van der Waals surface area (Å²) in [7, 11) is 1.33. The van der Waals surface area contributed by atoms with Crippen LogP contribution in [-0.4, -0.2) is 13.1 Å². The number of carbonyl (C=O) groups excluding carboxylic acids is 1. The highest BCUT2D eigenvalue weighted by atomic mass is 16.6. The maximum atomic E-state index is 11.7. The topological polar surface area (TPSA) is 35.5 Å². The first kappa shape index (κ1) is 12.9. The summed E-state index contributed by atoms with van der Waals surface area (Å²) in [6, 6.07) is 18.6. The zero-order valence-electron chi connectivity index (χ0n) is 10.6. The molecule has 2 aromatic carbocycles. The molecule has 0 fully saturated rings. The van der Waals surface area contributed by atoms with Gasteiger partial charge in [0.25, 0.3) is 0 Å². The fourth-order valence-electron chi connectivity index (χ4n) is 1.55. The normalized spacial score (nSPS) is 10.9. The number of rotatable bonds is 4. The summed E-state index contributed by atoms with van der Waals surface area (Å²) < 4.78 is 10.3. The second-order valence-corrected chi connectivity index (χ2v) is 3.83. The predicted molar refractivity (Wildman–Crippen MR) is 73.5 cm³/mol. The van der Waals surface area contributed by atoms with Gasteiger partial charge in [0.05, 0.1) is 7.11 Å². The molecular formula is C16H14O3. The molecule has 0 radical (unpaired) electrons. The van der Waals surface area contributed by atoms with Crippen molar-refractivity contribution in [3.8, 4) is 5.75 Å². The standard InChI is InChI=1S/C16H14O3/c1-18-16(17)15(12-13-8-4-2-5-9-13)19-14-10-6-3-7-11-14/h2-12H,1H3. The fraction of sp³-hybridized carbons (Fsp3) is 0.0625. The minimum absolute atomic E-state index is 0.153. The molecule has 3 heteroatoms. The maximum Gasteiger partial charge on any atom is 0.373 e. The van der Waals surface area contributed by atoms with Gasteiger partial charge in [-0.3, -0.25) is 0 Å². The zero-order chi connectivity index (χ0) is 13.5. The van der Waals surface area contributed by atoms with Gasteiger partial charge in [-0.05, 0) is 23.8 Å². The van der Waals surface area contributed by atoms with Crippen LogP contribution in [0.4, 0.5) is 0 Å². The average Bonchev–Trinajstić information content (AvgIpc) is 2.48. The van der Waals surface area contributed by atoms with Crippen molar-refractivity contribution < 1.29 is 14.3 Å². The van der Waals surface area contributed by atoms with Gasteiger partial charge in [0.1, 0.15) is 5.75 Å². The van der Waals surface area contributed by atoms with Crippen LogP contribution < -0.4 is 4.74 Å². The van der Waals surface area contributed by atoms with Crippen molar-refractivity contribution in [1.82, 2.24) is 0 Å². The Labute approximate surface area is 112 Å². The number of para-hydroxylation sites is 1. The van der Waals surface area contributed by atoms with E-state index in [-0.39, 0.29) is 5.76 Å². The van der Waals surface area contributed by atoms with Crippen molar-refractivity contribution in [3.05, 3.63) is 72.0 Å². The Morgan fingerprint density at radius 1 is 0.947 bits per heavy atom. The Morgan fingerprint density at radius 2 is 1.53 bits per heavy atom. The van der Waals surface area contributed by atoms with Crippen LogP contribution >= 0.6 is 0 Å². The Balaban J connectivity index is 2.27. The van der Waals surface area contributed by atoms with Gasteiger partial charge in [0, 0.05) is 0 Å². The van der Waals surface area contributed by atoms with Gasteiger partial charge >= 0.3 is 5.97 Å². The van der Waals surface area contributed by atoms with Crippen LogP contribution in [0.1, 0.15) is 5.56 Å². The largest absolute Gasteiger partial charge is 0.463 e. The third-order valence-corrected chi connectivity index (χ3v) is 2.45. The quantitative estimate of drug-likeness (QED) is 0.477. The van der Waals surface area contributed by atoms with Crippen molar-refractivity contribution in [2.45, 2.75) is 0 Å². The Bertz CT molecular complexity index is 559. The van der Waals surface area contributed by atoms with Gasteiger partial charge in [0.15, 0.2) is 0 Å². The van der Waals surface area contributed by atoms with Crippen molar-refractivity contribution in [3.63, 3.8) is 0 Å². The van der Waals surface area contributed by atoms with Gasteiger partial charge in [-0.1, -0.05) is 48.5 Å². The molecule has 0 saturated carbocycles. The van der Waals surface area contributed by atoms with Gasteiger partial charge in [-0.2, -0.15) is 0 Å². The summed E-state index contributed by atoms with van der Waals surface area (Å²) in [5.74, 6) is 0.239. The SMILES string of the molecule is COC(=O)C(=Cc1ccccc1)Oc1ccccc1. The van der Waals surface area contributed by atoms with Crippen LogP contribution in [0.15, 0.2) is 66.4 Å². The molecule has 0 unspecified atom stereocenters. The smallest absolute Gasteiger partial charge is 0.373 e. The van der Waals surface area contributed by atoms with Crippen LogP contribution in [0, 0.1) is 0 Å². The highest BCUT2D eigenvalue weighted by Crippen LogP contribution is 2.16. The minimum atomic E-state index is -0.507. The lowest BCUT2D eigenvalue weighted by atomic mass is 10.2. The molecule has 0 aliphatic carbocycles. The maximum absolute atomic E-state index is 11.7. The number of benzene rings is 2. The van der Waals surface area contributed by atoms with Crippen molar-refractivity contribution >= 4 is 12.0 Å². The second kappa shape index (κ2) is 6.40. The summed E-state index contributed by atoms with van der Waals surface area (Å²) in [6.07, 6.45) is 1.65. The summed E-state index contributed by atoms with van der Waals surface area (Å²) in [6.45, 7) is 0. The minimum Gasteiger partial charge on any atom is -0.463 e. The van der Waals surface area contributed by atoms with Gasteiger partial charge in [-0.15, -0.1) is 0 Å². The number of ether oxygens (including phenoxy) is 2. The molecule has 0 aliphatic heterocycles. The lowest BCUT2D eigenvalue weighted by molar-refractivity contribution is -0.138. The van der Waals surface area contributed by atoms with Crippen molar-refractivity contribution in [2.24, 2.45) is 0 Å². The number of methoxy groups -OCH3 is 1. The lowest BCUT2D eigenvalue weighted by Gasteiger charge is -2.08. The molecule has 3 nitrogen and oxygen atoms in total. The highest BCUT2D eigenvalue weighted by Gasteiger charge is 2.12. The summed E-state index contributed by atoms with van der Waals surface area (Å²) in [5.41, 5.74) is 0.874. The summed E-state index contributed by atoms with van der Waals surface area (Å²) in [4.78, 5) is 11.7. The number of hydrogen-bond acceptors (Lipinski definition) is 3. The predicted octanol–water partition coefficient (Wildman–Crippen LogP) is 3.28. The van der Waals surface area contributed by atoms with E-state index in [0.717, 1.165) is 5.56 Å². The molecule has 96 valence electrons. The van der Waals surface area contributed by atoms with Gasteiger partial charge in [0.2, 0.25) is 5.76 Å². The number of hydrogen-bond donors (Lipinski definition) is 0. The highest BCUT2D eigenvalue weighted by molar-refractivity contribution is 5.91. The first-order valence-electron chi connectivity index (χ1n) is 5.87. The first-order valence-corrected chi connectivity index (χ1v) is 5.87. The van der Waals surface area contributed by atoms with E-state index in [2.05, 4.69) is 0 Å². The zero-order valence-corrected chi connectivity index (χ0v) is 10.6. The second-order valence-electron chi connectivity index (χ2n) is 3.83. The molecule has 0 aliphatic rings. The van der Waals surface area contributed by atoms with Crippen LogP contribution in [0.2, 0.25) is 0 Å². The summed E-state index contributed by atoms with van der Waals surface area (Å²) >= 11 is 0. The van der Waals surface area contributed by atoms with E-state index in [1.807, 2.05) is 48.5 Å². The van der Waals surface area contributed by atoms with Crippen molar-refractivity contribution in [2.75, 3.05) is 7.11 Å². The summed E-state index contributed by atoms with van der Waals surface area (Å²) in [5, 5.41) is 0. The van der Waals surface area contributed by atoms with Crippen LogP contribution in [0.3, 0.4) is 0 Å². The van der Waals surface area contributed by atoms with E-state index in [1.54, 1.807) is 18.2 Å². The molecule has 0 spiro atoms. The van der Waals surface area contributed by atoms with Crippen LogP contribution in [0.5, 0.6) is 5.75 Å². The van der Waals surface area contributed by atoms with Crippen LogP contribution in [-0.2, 0) is 9.53 Å². The molecule has 0 atom stereocenters. The molecule has 0 N–H and O–H groups in total. The van der Waals surface area contributed by atoms with Crippen molar-refractivity contribution in [1.29, 1.82) is 0 Å². The van der Waals surface area contributed by atoms with E-state index >= 15 is 0 Å². The Kier molecular flexibility index (Phi) is 4.34. The molecule has 2 aromatic rings. The molecule has 0 aromatic heterocycles. The molecule has 0 bridgehead atoms. The first-order chi connectivity index (χ1) is 9.29. The Morgan fingerprint density at radius 3 is 2.11 bits per heavy atom. The molecule has 0 amide bonds. The molecule has 0 saturated heterocycles. The Hall–Kier alpha value is -2.55. The number of carbonyl (C=O) groups is 1. The van der Waals surface area contributed by atoms with E-state index < -0.39 is 5.97 Å². The number of esters is 1. The van der Waals surface area contributed by atoms with Gasteiger partial charge in [-0.25, -0.2) is 4.79 Å². The van der Waals surface area contributed by atoms with E-state index in [4.69, 9.17) is 9.47 Å². The third-order valence-electron chi connectivity index (χ3n) is 2.45.